The zero-order chi connectivity index (χ0) is 14.0. The number of nitrogens with zero attached hydrogens (tertiary/aromatic N) is 1. The van der Waals surface area contributed by atoms with Crippen molar-refractivity contribution in [3.8, 4) is 0 Å². The van der Waals surface area contributed by atoms with Crippen LogP contribution >= 0.6 is 0 Å². The predicted octanol–water partition coefficient (Wildman–Crippen LogP) is -0.0445. The van der Waals surface area contributed by atoms with Crippen molar-refractivity contribution in [3.05, 3.63) is 12.2 Å². The fourth-order valence-corrected chi connectivity index (χ4v) is 1.03. The highest BCUT2D eigenvalue weighted by Gasteiger charge is 2.11. The van der Waals surface area contributed by atoms with Crippen LogP contribution in [-0.4, -0.2) is 47.4 Å². The van der Waals surface area contributed by atoms with E-state index in [4.69, 9.17) is 5.11 Å². The number of aliphatic carboxylic acids is 1. The normalized spacial score (nSPS) is 10.1. The maximum atomic E-state index is 11.3. The first kappa shape index (κ1) is 15.8. The molecule has 7 nitrogen and oxygen atoms in total. The fraction of sp³-hybridized carbons (Fsp3) is 0.455. The molecule has 0 aromatic rings. The third kappa shape index (κ3) is 7.15. The van der Waals surface area contributed by atoms with Gasteiger partial charge in [-0.2, -0.15) is 0 Å². The quantitative estimate of drug-likeness (QED) is 0.372. The minimum Gasteiger partial charge on any atom is -0.478 e. The molecular weight excluding hydrogens is 242 g/mol. The van der Waals surface area contributed by atoms with Crippen molar-refractivity contribution < 1.29 is 29.0 Å². The average Bonchev–Trinajstić information content (AvgIpc) is 2.32. The highest BCUT2D eigenvalue weighted by molar-refractivity contribution is 5.90. The molecule has 0 bridgehead atoms. The van der Waals surface area contributed by atoms with Gasteiger partial charge in [-0.05, 0) is 6.42 Å². The third-order valence-corrected chi connectivity index (χ3v) is 1.85. The summed E-state index contributed by atoms with van der Waals surface area (Å²) >= 11 is 0. The van der Waals surface area contributed by atoms with Crippen molar-refractivity contribution in [2.45, 2.75) is 19.8 Å². The van der Waals surface area contributed by atoms with Gasteiger partial charge >= 0.3 is 11.9 Å². The van der Waals surface area contributed by atoms with Crippen molar-refractivity contribution in [1.29, 1.82) is 0 Å². The molecule has 0 aromatic carbocycles. The molecule has 0 heterocycles. The molecule has 0 saturated carbocycles. The molecule has 0 saturated heterocycles. The standard InChI is InChI=1S/C11H15NO6/c1-2-3-9(14)12(8-13)6-7-18-11(17)5-4-10(15)16/h4-5,8H,2-3,6-7H2,1H3,(H,15,16)/b5-4+. The highest BCUT2D eigenvalue weighted by Crippen LogP contribution is 1.95. The van der Waals surface area contributed by atoms with Crippen LogP contribution < -0.4 is 0 Å². The Bertz CT molecular complexity index is 349. The molecule has 0 aliphatic heterocycles. The summed E-state index contributed by atoms with van der Waals surface area (Å²) in [5.74, 6) is -2.45. The lowest BCUT2D eigenvalue weighted by Crippen LogP contribution is -2.32. The van der Waals surface area contributed by atoms with Gasteiger partial charge in [0.05, 0.1) is 6.54 Å². The zero-order valence-corrected chi connectivity index (χ0v) is 10.00. The molecule has 18 heavy (non-hydrogen) atoms. The number of amides is 2. The fourth-order valence-electron chi connectivity index (χ4n) is 1.03. The molecule has 0 unspecified atom stereocenters. The Labute approximate surface area is 104 Å². The summed E-state index contributed by atoms with van der Waals surface area (Å²) in [4.78, 5) is 43.9. The Morgan fingerprint density at radius 3 is 2.44 bits per heavy atom. The topological polar surface area (TPSA) is 101 Å². The number of rotatable bonds is 8. The van der Waals surface area contributed by atoms with E-state index in [2.05, 4.69) is 4.74 Å². The molecule has 0 aliphatic rings. The molecule has 0 aromatic heterocycles. The smallest absolute Gasteiger partial charge is 0.331 e. The number of carbonyl (C=O) groups excluding carboxylic acids is 3. The molecule has 1 N–H and O–H groups in total. The van der Waals surface area contributed by atoms with Gasteiger partial charge in [-0.15, -0.1) is 0 Å². The van der Waals surface area contributed by atoms with Crippen molar-refractivity contribution in [3.63, 3.8) is 0 Å². The molecule has 100 valence electrons. The Morgan fingerprint density at radius 2 is 1.94 bits per heavy atom. The minimum atomic E-state index is -1.26. The molecule has 0 radical (unpaired) electrons. The Balaban J connectivity index is 4.01. The molecule has 0 rings (SSSR count). The van der Waals surface area contributed by atoms with Gasteiger partial charge in [0.15, 0.2) is 0 Å². The van der Waals surface area contributed by atoms with Gasteiger partial charge in [0, 0.05) is 18.6 Å². The summed E-state index contributed by atoms with van der Waals surface area (Å²) in [6.07, 6.45) is 2.62. The summed E-state index contributed by atoms with van der Waals surface area (Å²) in [6.45, 7) is 1.59. The van der Waals surface area contributed by atoms with E-state index in [-0.39, 0.29) is 25.5 Å². The van der Waals surface area contributed by atoms with Crippen molar-refractivity contribution >= 4 is 24.3 Å². The van der Waals surface area contributed by atoms with Crippen molar-refractivity contribution in [2.24, 2.45) is 0 Å². The highest BCUT2D eigenvalue weighted by atomic mass is 16.5. The maximum absolute atomic E-state index is 11.3. The van der Waals surface area contributed by atoms with E-state index in [1.54, 1.807) is 6.92 Å². The van der Waals surface area contributed by atoms with E-state index >= 15 is 0 Å². The molecule has 7 heteroatoms. The Morgan fingerprint density at radius 1 is 1.28 bits per heavy atom. The summed E-state index contributed by atoms with van der Waals surface area (Å²) in [6, 6.07) is 0. The van der Waals surface area contributed by atoms with Crippen LogP contribution in [0.15, 0.2) is 12.2 Å². The van der Waals surface area contributed by atoms with Crippen LogP contribution in [0.25, 0.3) is 0 Å². The van der Waals surface area contributed by atoms with E-state index in [9.17, 15) is 19.2 Å². The van der Waals surface area contributed by atoms with Crippen LogP contribution in [0.3, 0.4) is 0 Å². The molecule has 2 amide bonds. The lowest BCUT2D eigenvalue weighted by atomic mass is 10.3. The molecule has 0 fully saturated rings. The van der Waals surface area contributed by atoms with E-state index in [0.29, 0.717) is 18.9 Å². The molecule has 0 atom stereocenters. The lowest BCUT2D eigenvalue weighted by Gasteiger charge is -2.14. The molecular formula is C11H15NO6. The zero-order valence-electron chi connectivity index (χ0n) is 10.00. The number of hydrogen-bond donors (Lipinski definition) is 1. The Kier molecular flexibility index (Phi) is 7.83. The van der Waals surface area contributed by atoms with Gasteiger partial charge in [-0.25, -0.2) is 9.59 Å². The van der Waals surface area contributed by atoms with Gasteiger partial charge < -0.3 is 9.84 Å². The average molecular weight is 257 g/mol. The number of imide groups is 1. The largest absolute Gasteiger partial charge is 0.478 e. The van der Waals surface area contributed by atoms with Crippen molar-refractivity contribution in [1.82, 2.24) is 4.90 Å². The molecule has 0 aliphatic carbocycles. The minimum absolute atomic E-state index is 0.0466. The number of esters is 1. The van der Waals surface area contributed by atoms with Gasteiger partial charge in [-0.1, -0.05) is 6.92 Å². The van der Waals surface area contributed by atoms with Crippen LogP contribution in [0.5, 0.6) is 0 Å². The summed E-state index contributed by atoms with van der Waals surface area (Å²) in [5, 5.41) is 8.25. The van der Waals surface area contributed by atoms with Crippen LogP contribution in [-0.2, 0) is 23.9 Å². The number of carboxylic acids is 1. The number of hydrogen-bond acceptors (Lipinski definition) is 5. The van der Waals surface area contributed by atoms with Crippen LogP contribution in [0.1, 0.15) is 19.8 Å². The van der Waals surface area contributed by atoms with Crippen LogP contribution in [0, 0.1) is 0 Å². The summed E-state index contributed by atoms with van der Waals surface area (Å²) in [5.41, 5.74) is 0. The van der Waals surface area contributed by atoms with Gasteiger partial charge in [0.1, 0.15) is 6.61 Å². The monoisotopic (exact) mass is 257 g/mol. The van der Waals surface area contributed by atoms with E-state index in [1.165, 1.54) is 0 Å². The Hall–Kier alpha value is -2.18. The lowest BCUT2D eigenvalue weighted by molar-refractivity contribution is -0.144. The van der Waals surface area contributed by atoms with E-state index in [1.807, 2.05) is 0 Å². The first-order valence-corrected chi connectivity index (χ1v) is 5.33. The van der Waals surface area contributed by atoms with Gasteiger partial charge in [0.2, 0.25) is 12.3 Å². The van der Waals surface area contributed by atoms with E-state index < -0.39 is 11.9 Å². The van der Waals surface area contributed by atoms with Gasteiger partial charge in [0.25, 0.3) is 0 Å². The predicted molar refractivity (Wildman–Crippen MR) is 60.4 cm³/mol. The third-order valence-electron chi connectivity index (χ3n) is 1.85. The first-order chi connectivity index (χ1) is 8.51. The first-order valence-electron chi connectivity index (χ1n) is 5.33. The van der Waals surface area contributed by atoms with Crippen LogP contribution in [0.2, 0.25) is 0 Å². The van der Waals surface area contributed by atoms with Crippen LogP contribution in [0.4, 0.5) is 0 Å². The summed E-state index contributed by atoms with van der Waals surface area (Å²) in [7, 11) is 0. The number of ether oxygens (including phenoxy) is 1. The SMILES string of the molecule is CCCC(=O)N(C=O)CCOC(=O)/C=C/C(=O)O. The second-order valence-electron chi connectivity index (χ2n) is 3.28. The number of carbonyl (C=O) groups is 4. The van der Waals surface area contributed by atoms with Crippen molar-refractivity contribution in [2.75, 3.05) is 13.2 Å². The van der Waals surface area contributed by atoms with E-state index in [0.717, 1.165) is 11.0 Å². The second-order valence-corrected chi connectivity index (χ2v) is 3.28. The summed E-state index contributed by atoms with van der Waals surface area (Å²) < 4.78 is 4.61. The number of carboxylic acid groups (broad SMARTS) is 1. The van der Waals surface area contributed by atoms with Gasteiger partial charge in [-0.3, -0.25) is 14.5 Å². The molecule has 0 spiro atoms. The maximum Gasteiger partial charge on any atom is 0.331 e. The second kappa shape index (κ2) is 8.91.